The van der Waals surface area contributed by atoms with Gasteiger partial charge >= 0.3 is 0 Å². The Kier molecular flexibility index (Phi) is 4.53. The lowest BCUT2D eigenvalue weighted by molar-refractivity contribution is 0.576. The van der Waals surface area contributed by atoms with Crippen molar-refractivity contribution in [2.24, 2.45) is 0 Å². The lowest BCUT2D eigenvalue weighted by Crippen LogP contribution is -2.32. The molecule has 2 rings (SSSR count). The summed E-state index contributed by atoms with van der Waals surface area (Å²) in [5, 5.41) is 3.33. The van der Waals surface area contributed by atoms with Crippen LogP contribution in [0, 0.1) is 5.82 Å². The maximum Gasteiger partial charge on any atom is 0.141 e. The summed E-state index contributed by atoms with van der Waals surface area (Å²) in [5.74, 6) is 0.635. The van der Waals surface area contributed by atoms with Crippen molar-refractivity contribution in [3.8, 4) is 0 Å². The van der Waals surface area contributed by atoms with Gasteiger partial charge in [-0.15, -0.1) is 0 Å². The average Bonchev–Trinajstić information content (AvgIpc) is 2.36. The summed E-state index contributed by atoms with van der Waals surface area (Å²) in [6, 6.07) is 1.96. The molecule has 0 atom stereocenters. The van der Waals surface area contributed by atoms with Crippen molar-refractivity contribution in [2.45, 2.75) is 39.8 Å². The largest absolute Gasteiger partial charge is 0.352 e. The molecule has 1 N–H and O–H groups in total. The molecule has 1 aromatic heterocycles. The molecule has 0 aliphatic carbocycles. The predicted molar refractivity (Wildman–Crippen MR) is 76.8 cm³/mol. The fourth-order valence-corrected chi connectivity index (χ4v) is 2.30. The Balaban J connectivity index is 2.21. The van der Waals surface area contributed by atoms with E-state index in [0.717, 1.165) is 30.9 Å². The maximum atomic E-state index is 13.4. The van der Waals surface area contributed by atoms with Gasteiger partial charge in [0.05, 0.1) is 6.20 Å². The molecule has 3 nitrogen and oxygen atoms in total. The predicted octanol–water partition coefficient (Wildman–Crippen LogP) is 2.88. The molecule has 1 aromatic rings. The van der Waals surface area contributed by atoms with Crippen molar-refractivity contribution in [3.05, 3.63) is 35.3 Å². The number of hydrogen-bond acceptors (Lipinski definition) is 3. The first kappa shape index (κ1) is 14.0. The molecule has 0 bridgehead atoms. The summed E-state index contributed by atoms with van der Waals surface area (Å²) in [6.07, 6.45) is 4.59. The number of aromatic nitrogens is 1. The van der Waals surface area contributed by atoms with E-state index in [2.05, 4.69) is 42.0 Å². The van der Waals surface area contributed by atoms with Crippen LogP contribution in [0.4, 0.5) is 10.2 Å². The third-order valence-electron chi connectivity index (χ3n) is 3.24. The fourth-order valence-electron chi connectivity index (χ4n) is 2.30. The van der Waals surface area contributed by atoms with Crippen molar-refractivity contribution >= 4 is 5.82 Å². The minimum Gasteiger partial charge on any atom is -0.352 e. The van der Waals surface area contributed by atoms with E-state index >= 15 is 0 Å². The molecule has 0 saturated carbocycles. The Morgan fingerprint density at radius 1 is 1.47 bits per heavy atom. The molecule has 1 aliphatic heterocycles. The molecule has 0 radical (unpaired) electrons. The van der Waals surface area contributed by atoms with E-state index in [1.165, 1.54) is 11.8 Å². The number of halogens is 1. The summed E-state index contributed by atoms with van der Waals surface area (Å²) in [7, 11) is 0. The number of nitrogens with zero attached hydrogens (tertiary/aromatic N) is 2. The molecular weight excluding hydrogens is 241 g/mol. The van der Waals surface area contributed by atoms with Gasteiger partial charge in [-0.2, -0.15) is 0 Å². The first-order chi connectivity index (χ1) is 9.06. The third-order valence-corrected chi connectivity index (χ3v) is 3.24. The first-order valence-electron chi connectivity index (χ1n) is 6.84. The van der Waals surface area contributed by atoms with E-state index in [-0.39, 0.29) is 5.82 Å². The highest BCUT2D eigenvalue weighted by Crippen LogP contribution is 2.22. The number of anilines is 1. The molecule has 2 heterocycles. The van der Waals surface area contributed by atoms with Crippen LogP contribution >= 0.6 is 0 Å². The molecule has 0 aromatic carbocycles. The van der Waals surface area contributed by atoms with Crippen molar-refractivity contribution < 1.29 is 4.39 Å². The Bertz CT molecular complexity index is 468. The van der Waals surface area contributed by atoms with Gasteiger partial charge in [0.2, 0.25) is 0 Å². The van der Waals surface area contributed by atoms with Crippen LogP contribution in [0.25, 0.3) is 0 Å². The zero-order valence-electron chi connectivity index (χ0n) is 11.9. The van der Waals surface area contributed by atoms with Crippen molar-refractivity contribution in [2.75, 3.05) is 18.0 Å². The Morgan fingerprint density at radius 2 is 2.26 bits per heavy atom. The van der Waals surface area contributed by atoms with Gasteiger partial charge in [-0.05, 0) is 19.4 Å². The zero-order chi connectivity index (χ0) is 13.8. The summed E-state index contributed by atoms with van der Waals surface area (Å²) in [4.78, 5) is 6.53. The van der Waals surface area contributed by atoms with Crippen LogP contribution in [0.2, 0.25) is 0 Å². The second-order valence-corrected chi connectivity index (χ2v) is 5.43. The van der Waals surface area contributed by atoms with E-state index < -0.39 is 0 Å². The van der Waals surface area contributed by atoms with Gasteiger partial charge in [-0.3, -0.25) is 0 Å². The summed E-state index contributed by atoms with van der Waals surface area (Å²) < 4.78 is 13.4. The molecule has 0 fully saturated rings. The van der Waals surface area contributed by atoms with Gasteiger partial charge in [0.25, 0.3) is 0 Å². The minimum atomic E-state index is -0.270. The Hall–Kier alpha value is -1.42. The molecule has 1 aliphatic rings. The second kappa shape index (κ2) is 6.15. The highest BCUT2D eigenvalue weighted by molar-refractivity contribution is 5.49. The van der Waals surface area contributed by atoms with E-state index in [4.69, 9.17) is 0 Å². The Morgan fingerprint density at radius 3 is 2.95 bits per heavy atom. The summed E-state index contributed by atoms with van der Waals surface area (Å²) >= 11 is 0. The van der Waals surface area contributed by atoms with Crippen LogP contribution in [0.3, 0.4) is 0 Å². The number of pyridine rings is 1. The average molecular weight is 263 g/mol. The zero-order valence-corrected chi connectivity index (χ0v) is 11.9. The van der Waals surface area contributed by atoms with Gasteiger partial charge in [0.1, 0.15) is 11.6 Å². The van der Waals surface area contributed by atoms with Crippen molar-refractivity contribution in [1.82, 2.24) is 10.3 Å². The van der Waals surface area contributed by atoms with Crippen LogP contribution in [0.5, 0.6) is 0 Å². The molecule has 0 amide bonds. The van der Waals surface area contributed by atoms with Gasteiger partial charge in [0, 0.05) is 31.2 Å². The number of hydrogen-bond donors (Lipinski definition) is 1. The van der Waals surface area contributed by atoms with Crippen LogP contribution < -0.4 is 10.2 Å². The maximum absolute atomic E-state index is 13.4. The van der Waals surface area contributed by atoms with Gasteiger partial charge in [-0.1, -0.05) is 25.5 Å². The second-order valence-electron chi connectivity index (χ2n) is 5.43. The summed E-state index contributed by atoms with van der Waals surface area (Å²) in [5.41, 5.74) is 2.28. The van der Waals surface area contributed by atoms with E-state index in [1.54, 1.807) is 6.07 Å². The molecular formula is C15H22FN3. The van der Waals surface area contributed by atoms with Gasteiger partial charge in [-0.25, -0.2) is 9.37 Å². The smallest absolute Gasteiger partial charge is 0.141 e. The lowest BCUT2D eigenvalue weighted by atomic mass is 10.1. The number of nitrogens with one attached hydrogen (secondary N) is 1. The number of rotatable bonds is 4. The summed E-state index contributed by atoms with van der Waals surface area (Å²) in [6.45, 7) is 8.77. The monoisotopic (exact) mass is 263 g/mol. The Labute approximate surface area is 114 Å². The highest BCUT2D eigenvalue weighted by atomic mass is 19.1. The molecule has 104 valence electrons. The molecule has 0 spiro atoms. The van der Waals surface area contributed by atoms with Crippen LogP contribution in [0.15, 0.2) is 23.9 Å². The first-order valence-corrected chi connectivity index (χ1v) is 6.84. The normalized spacial score (nSPS) is 15.8. The SMILES string of the molecule is CC1=CCCN(c2ncc(F)cc2CNC(C)C)C1. The molecule has 0 saturated heterocycles. The van der Waals surface area contributed by atoms with Crippen molar-refractivity contribution in [1.29, 1.82) is 0 Å². The van der Waals surface area contributed by atoms with Crippen LogP contribution in [0.1, 0.15) is 32.8 Å². The van der Waals surface area contributed by atoms with E-state index in [9.17, 15) is 4.39 Å². The van der Waals surface area contributed by atoms with Crippen LogP contribution in [-0.4, -0.2) is 24.1 Å². The fraction of sp³-hybridized carbons (Fsp3) is 0.533. The highest BCUT2D eigenvalue weighted by Gasteiger charge is 2.16. The van der Waals surface area contributed by atoms with Gasteiger partial charge in [0.15, 0.2) is 0 Å². The van der Waals surface area contributed by atoms with Crippen LogP contribution in [-0.2, 0) is 6.54 Å². The topological polar surface area (TPSA) is 28.2 Å². The quantitative estimate of drug-likeness (QED) is 0.847. The van der Waals surface area contributed by atoms with Crippen molar-refractivity contribution in [3.63, 3.8) is 0 Å². The standard InChI is InChI=1S/C15H22FN3/c1-11(2)17-8-13-7-14(16)9-18-15(13)19-6-4-5-12(3)10-19/h5,7,9,11,17H,4,6,8,10H2,1-3H3. The third kappa shape index (κ3) is 3.77. The lowest BCUT2D eigenvalue weighted by Gasteiger charge is -2.29. The minimum absolute atomic E-state index is 0.270. The molecule has 19 heavy (non-hydrogen) atoms. The van der Waals surface area contributed by atoms with E-state index in [1.807, 2.05) is 0 Å². The van der Waals surface area contributed by atoms with Gasteiger partial charge < -0.3 is 10.2 Å². The molecule has 4 heteroatoms. The molecule has 0 unspecified atom stereocenters. The van der Waals surface area contributed by atoms with E-state index in [0.29, 0.717) is 12.6 Å².